The van der Waals surface area contributed by atoms with Gasteiger partial charge in [-0.15, -0.1) is 0 Å². The molecule has 0 spiro atoms. The van der Waals surface area contributed by atoms with Gasteiger partial charge in [-0.3, -0.25) is 4.79 Å². The minimum Gasteiger partial charge on any atom is -0.364 e. The highest BCUT2D eigenvalue weighted by Crippen LogP contribution is 2.21. The Bertz CT molecular complexity index is 541. The van der Waals surface area contributed by atoms with Crippen LogP contribution in [-0.2, 0) is 6.42 Å². The summed E-state index contributed by atoms with van der Waals surface area (Å²) in [5.74, 6) is -0.221. The first kappa shape index (κ1) is 12.9. The van der Waals surface area contributed by atoms with Crippen LogP contribution in [0, 0.1) is 0 Å². The van der Waals surface area contributed by atoms with Crippen LogP contribution in [0.5, 0.6) is 0 Å². The highest BCUT2D eigenvalue weighted by Gasteiger charge is 2.07. The van der Waals surface area contributed by atoms with Crippen LogP contribution in [0.25, 0.3) is 0 Å². The number of benzene rings is 1. The van der Waals surface area contributed by atoms with Crippen LogP contribution in [0.1, 0.15) is 15.9 Å². The van der Waals surface area contributed by atoms with Gasteiger partial charge >= 0.3 is 0 Å². The fourth-order valence-electron chi connectivity index (χ4n) is 1.45. The maximum absolute atomic E-state index is 11.6. The van der Waals surface area contributed by atoms with Crippen molar-refractivity contribution in [1.82, 2.24) is 10.5 Å². The van der Waals surface area contributed by atoms with E-state index >= 15 is 0 Å². The van der Waals surface area contributed by atoms with E-state index < -0.39 is 0 Å². The van der Waals surface area contributed by atoms with Crippen LogP contribution in [0.15, 0.2) is 35.2 Å². The maximum Gasteiger partial charge on any atom is 0.256 e. The maximum atomic E-state index is 11.6. The first-order valence-corrected chi connectivity index (χ1v) is 6.04. The zero-order valence-electron chi connectivity index (χ0n) is 9.32. The average molecular weight is 285 g/mol. The lowest BCUT2D eigenvalue weighted by Crippen LogP contribution is -2.25. The van der Waals surface area contributed by atoms with Crippen molar-refractivity contribution >= 4 is 29.1 Å². The van der Waals surface area contributed by atoms with E-state index in [4.69, 9.17) is 23.2 Å². The first-order chi connectivity index (χ1) is 8.66. The molecule has 1 heterocycles. The summed E-state index contributed by atoms with van der Waals surface area (Å²) in [4.78, 5) is 11.6. The number of hydrogen-bond donors (Lipinski definition) is 1. The van der Waals surface area contributed by atoms with E-state index in [1.807, 2.05) is 6.07 Å². The fraction of sp³-hybridized carbons (Fsp3) is 0.167. The molecule has 0 aliphatic carbocycles. The quantitative estimate of drug-likeness (QED) is 0.939. The summed E-state index contributed by atoms with van der Waals surface area (Å²) >= 11 is 11.8. The summed E-state index contributed by atoms with van der Waals surface area (Å²) in [6.07, 6.45) is 3.29. The number of hydrogen-bond acceptors (Lipinski definition) is 3. The molecule has 1 amide bonds. The molecule has 94 valence electrons. The molecule has 1 aromatic heterocycles. The van der Waals surface area contributed by atoms with Gasteiger partial charge in [-0.05, 0) is 24.1 Å². The molecule has 0 aliphatic rings. The molecule has 2 rings (SSSR count). The largest absolute Gasteiger partial charge is 0.364 e. The smallest absolute Gasteiger partial charge is 0.256 e. The molecule has 0 radical (unpaired) electrons. The van der Waals surface area contributed by atoms with Gasteiger partial charge in [-0.2, -0.15) is 0 Å². The van der Waals surface area contributed by atoms with Crippen LogP contribution >= 0.6 is 23.2 Å². The third kappa shape index (κ3) is 3.24. The number of amides is 1. The summed E-state index contributed by atoms with van der Waals surface area (Å²) < 4.78 is 4.59. The Morgan fingerprint density at radius 3 is 2.89 bits per heavy atom. The molecule has 0 fully saturated rings. The van der Waals surface area contributed by atoms with Gasteiger partial charge in [0.25, 0.3) is 5.91 Å². The van der Waals surface area contributed by atoms with Crippen molar-refractivity contribution < 1.29 is 9.32 Å². The second kappa shape index (κ2) is 5.89. The van der Waals surface area contributed by atoms with Gasteiger partial charge < -0.3 is 9.84 Å². The summed E-state index contributed by atoms with van der Waals surface area (Å²) in [5.41, 5.74) is 1.34. The van der Waals surface area contributed by atoms with Gasteiger partial charge in [-0.25, -0.2) is 0 Å². The van der Waals surface area contributed by atoms with Crippen LogP contribution in [-0.4, -0.2) is 17.6 Å². The van der Waals surface area contributed by atoms with Gasteiger partial charge in [-0.1, -0.05) is 34.4 Å². The topological polar surface area (TPSA) is 55.1 Å². The van der Waals surface area contributed by atoms with Crippen LogP contribution in [0.3, 0.4) is 0 Å². The second-order valence-corrected chi connectivity index (χ2v) is 4.50. The van der Waals surface area contributed by atoms with E-state index in [1.165, 1.54) is 12.5 Å². The van der Waals surface area contributed by atoms with E-state index in [2.05, 4.69) is 15.0 Å². The fourth-order valence-corrected chi connectivity index (χ4v) is 1.96. The van der Waals surface area contributed by atoms with Gasteiger partial charge in [0, 0.05) is 16.6 Å². The van der Waals surface area contributed by atoms with Crippen molar-refractivity contribution in [1.29, 1.82) is 0 Å². The van der Waals surface area contributed by atoms with E-state index in [9.17, 15) is 4.79 Å². The van der Waals surface area contributed by atoms with Crippen molar-refractivity contribution in [3.63, 3.8) is 0 Å². The van der Waals surface area contributed by atoms with Crippen molar-refractivity contribution in [3.05, 3.63) is 51.8 Å². The Morgan fingerprint density at radius 1 is 1.39 bits per heavy atom. The number of aromatic nitrogens is 1. The predicted octanol–water partition coefficient (Wildman–Crippen LogP) is 2.95. The average Bonchev–Trinajstić information content (AvgIpc) is 2.85. The van der Waals surface area contributed by atoms with Crippen molar-refractivity contribution in [2.24, 2.45) is 0 Å². The van der Waals surface area contributed by atoms with E-state index in [1.54, 1.807) is 12.1 Å². The zero-order chi connectivity index (χ0) is 13.0. The number of nitrogens with zero attached hydrogens (tertiary/aromatic N) is 1. The number of halogens is 2. The van der Waals surface area contributed by atoms with Crippen molar-refractivity contribution in [2.75, 3.05) is 6.54 Å². The highest BCUT2D eigenvalue weighted by molar-refractivity contribution is 6.35. The van der Waals surface area contributed by atoms with E-state index in [0.717, 1.165) is 5.56 Å². The first-order valence-electron chi connectivity index (χ1n) is 5.28. The molecular weight excluding hydrogens is 275 g/mol. The van der Waals surface area contributed by atoms with E-state index in [-0.39, 0.29) is 5.91 Å². The lowest BCUT2D eigenvalue weighted by molar-refractivity contribution is 0.0953. The number of carbonyl (C=O) groups excluding carboxylic acids is 1. The molecular formula is C12H10Cl2N2O2. The molecule has 0 saturated heterocycles. The lowest BCUT2D eigenvalue weighted by Gasteiger charge is -2.05. The number of rotatable bonds is 4. The van der Waals surface area contributed by atoms with Crippen LogP contribution < -0.4 is 5.32 Å². The molecule has 1 N–H and O–H groups in total. The van der Waals surface area contributed by atoms with Gasteiger partial charge in [0.1, 0.15) is 6.26 Å². The minimum absolute atomic E-state index is 0.221. The summed E-state index contributed by atoms with van der Waals surface area (Å²) in [7, 11) is 0. The molecule has 0 unspecified atom stereocenters. The minimum atomic E-state index is -0.221. The Labute approximate surface area is 114 Å². The van der Waals surface area contributed by atoms with E-state index in [0.29, 0.717) is 28.6 Å². The normalized spacial score (nSPS) is 10.3. The third-order valence-electron chi connectivity index (χ3n) is 2.39. The van der Waals surface area contributed by atoms with Crippen molar-refractivity contribution in [2.45, 2.75) is 6.42 Å². The molecule has 18 heavy (non-hydrogen) atoms. The second-order valence-electron chi connectivity index (χ2n) is 3.65. The van der Waals surface area contributed by atoms with Gasteiger partial charge in [0.2, 0.25) is 0 Å². The lowest BCUT2D eigenvalue weighted by atomic mass is 10.1. The molecule has 0 aliphatic heterocycles. The highest BCUT2D eigenvalue weighted by atomic mass is 35.5. The van der Waals surface area contributed by atoms with Crippen LogP contribution in [0.4, 0.5) is 0 Å². The van der Waals surface area contributed by atoms with Gasteiger partial charge in [0.05, 0.1) is 11.8 Å². The SMILES string of the molecule is O=C(NCCc1ccc(Cl)cc1Cl)c1cnoc1. The molecule has 0 saturated carbocycles. The number of carbonyl (C=O) groups is 1. The summed E-state index contributed by atoms with van der Waals surface area (Å²) in [6.45, 7) is 0.478. The standard InChI is InChI=1S/C12H10Cl2N2O2/c13-10-2-1-8(11(14)5-10)3-4-15-12(17)9-6-16-18-7-9/h1-2,5-7H,3-4H2,(H,15,17). The van der Waals surface area contributed by atoms with Crippen molar-refractivity contribution in [3.8, 4) is 0 Å². The Balaban J connectivity index is 1.87. The molecule has 0 bridgehead atoms. The Morgan fingerprint density at radius 2 is 2.22 bits per heavy atom. The number of nitrogens with one attached hydrogen (secondary N) is 1. The zero-order valence-corrected chi connectivity index (χ0v) is 10.8. The monoisotopic (exact) mass is 284 g/mol. The molecule has 6 heteroatoms. The molecule has 1 aromatic carbocycles. The molecule has 0 atom stereocenters. The summed E-state index contributed by atoms with van der Waals surface area (Å²) in [5, 5.41) is 7.40. The predicted molar refractivity (Wildman–Crippen MR) is 69.0 cm³/mol. The van der Waals surface area contributed by atoms with Crippen LogP contribution in [0.2, 0.25) is 10.0 Å². The Kier molecular flexibility index (Phi) is 4.23. The molecule has 2 aromatic rings. The van der Waals surface area contributed by atoms with Gasteiger partial charge in [0.15, 0.2) is 0 Å². The third-order valence-corrected chi connectivity index (χ3v) is 2.98. The summed E-state index contributed by atoms with van der Waals surface area (Å²) in [6, 6.07) is 5.29. The Hall–Kier alpha value is -1.52. The molecule has 4 nitrogen and oxygen atoms in total.